The van der Waals surface area contributed by atoms with Gasteiger partial charge in [0.15, 0.2) is 5.82 Å². The van der Waals surface area contributed by atoms with Crippen LogP contribution in [0.1, 0.15) is 12.8 Å². The minimum atomic E-state index is 0.0198. The molecular formula is C15H19IN4O2. The molecule has 118 valence electrons. The van der Waals surface area contributed by atoms with Crippen molar-refractivity contribution in [2.75, 3.05) is 38.2 Å². The number of aromatic nitrogens is 2. The number of pyridine rings is 1. The molecule has 0 saturated carbocycles. The number of carbonyl (C=O) groups excluding carboxylic acids is 1. The normalized spacial score (nSPS) is 16.0. The summed E-state index contributed by atoms with van der Waals surface area (Å²) in [5.74, 6) is 0.629. The second-order valence-electron chi connectivity index (χ2n) is 5.34. The predicted molar refractivity (Wildman–Crippen MR) is 93.0 cm³/mol. The maximum atomic E-state index is 12.0. The average molecular weight is 414 g/mol. The van der Waals surface area contributed by atoms with E-state index in [1.54, 1.807) is 0 Å². The molecule has 7 heteroatoms. The number of amides is 1. The zero-order chi connectivity index (χ0) is 15.4. The highest BCUT2D eigenvalue weighted by Crippen LogP contribution is 2.13. The van der Waals surface area contributed by atoms with Crippen LogP contribution in [0.25, 0.3) is 5.65 Å². The molecule has 2 aromatic heterocycles. The molecule has 3 heterocycles. The predicted octanol–water partition coefficient (Wildman–Crippen LogP) is 1.99. The quantitative estimate of drug-likeness (QED) is 0.761. The number of imidazole rings is 1. The fourth-order valence-electron chi connectivity index (χ4n) is 2.52. The van der Waals surface area contributed by atoms with Gasteiger partial charge in [-0.2, -0.15) is 0 Å². The average Bonchev–Trinajstić information content (AvgIpc) is 2.89. The Morgan fingerprint density at radius 1 is 1.32 bits per heavy atom. The first-order chi connectivity index (χ1) is 10.7. The van der Waals surface area contributed by atoms with Gasteiger partial charge in [0.05, 0.1) is 19.4 Å². The van der Waals surface area contributed by atoms with Crippen molar-refractivity contribution in [2.45, 2.75) is 12.8 Å². The fraction of sp³-hybridized carbons (Fsp3) is 0.467. The fourth-order valence-corrected chi connectivity index (χ4v) is 3.00. The second kappa shape index (κ2) is 7.38. The molecule has 22 heavy (non-hydrogen) atoms. The van der Waals surface area contributed by atoms with E-state index in [2.05, 4.69) is 37.8 Å². The smallest absolute Gasteiger partial charge is 0.225 e. The first-order valence-corrected chi connectivity index (χ1v) is 8.53. The number of rotatable bonds is 5. The number of anilines is 1. The van der Waals surface area contributed by atoms with E-state index >= 15 is 0 Å². The summed E-state index contributed by atoms with van der Waals surface area (Å²) in [6, 6.07) is 3.94. The van der Waals surface area contributed by atoms with Crippen molar-refractivity contribution < 1.29 is 9.53 Å². The molecule has 0 aromatic carbocycles. The topological polar surface area (TPSA) is 58.9 Å². The second-order valence-corrected chi connectivity index (χ2v) is 6.59. The standard InChI is InChI=1S/C15H19IN4O2/c16-12-3-4-14-17-13(11-20(14)10-12)18-15(21)2-1-5-19-6-8-22-9-7-19/h3-4,10-11H,1-2,5-9H2,(H,18,21). The number of morpholine rings is 1. The van der Waals surface area contributed by atoms with Gasteiger partial charge in [0.2, 0.25) is 5.91 Å². The molecule has 1 aliphatic rings. The molecule has 1 aliphatic heterocycles. The van der Waals surface area contributed by atoms with E-state index < -0.39 is 0 Å². The van der Waals surface area contributed by atoms with E-state index in [0.717, 1.165) is 48.5 Å². The van der Waals surface area contributed by atoms with Crippen LogP contribution in [0.5, 0.6) is 0 Å². The Kier molecular flexibility index (Phi) is 5.27. The molecular weight excluding hydrogens is 395 g/mol. The van der Waals surface area contributed by atoms with Crippen LogP contribution in [0.15, 0.2) is 24.5 Å². The van der Waals surface area contributed by atoms with Gasteiger partial charge >= 0.3 is 0 Å². The summed E-state index contributed by atoms with van der Waals surface area (Å²) >= 11 is 2.25. The van der Waals surface area contributed by atoms with Crippen molar-refractivity contribution >= 4 is 40.0 Å². The number of hydrogen-bond donors (Lipinski definition) is 1. The van der Waals surface area contributed by atoms with Crippen molar-refractivity contribution in [2.24, 2.45) is 0 Å². The molecule has 1 fully saturated rings. The Morgan fingerprint density at radius 2 is 2.14 bits per heavy atom. The Hall–Kier alpha value is -1.19. The number of halogens is 1. The van der Waals surface area contributed by atoms with E-state index in [4.69, 9.17) is 4.74 Å². The molecule has 0 unspecified atom stereocenters. The van der Waals surface area contributed by atoms with E-state index in [-0.39, 0.29) is 5.91 Å². The number of nitrogens with one attached hydrogen (secondary N) is 1. The SMILES string of the molecule is O=C(CCCN1CCOCC1)Nc1cn2cc(I)ccc2n1. The first kappa shape index (κ1) is 15.7. The van der Waals surface area contributed by atoms with Gasteiger partial charge < -0.3 is 14.5 Å². The lowest BCUT2D eigenvalue weighted by atomic mass is 10.2. The van der Waals surface area contributed by atoms with Gasteiger partial charge in [-0.1, -0.05) is 0 Å². The van der Waals surface area contributed by atoms with Gasteiger partial charge in [-0.25, -0.2) is 4.98 Å². The van der Waals surface area contributed by atoms with Crippen molar-refractivity contribution in [3.05, 3.63) is 28.1 Å². The van der Waals surface area contributed by atoms with Crippen molar-refractivity contribution in [1.29, 1.82) is 0 Å². The van der Waals surface area contributed by atoms with Gasteiger partial charge in [0.25, 0.3) is 0 Å². The maximum Gasteiger partial charge on any atom is 0.225 e. The van der Waals surface area contributed by atoms with Gasteiger partial charge in [0.1, 0.15) is 5.65 Å². The molecule has 0 spiro atoms. The van der Waals surface area contributed by atoms with Crippen LogP contribution < -0.4 is 5.32 Å². The largest absolute Gasteiger partial charge is 0.379 e. The molecule has 0 radical (unpaired) electrons. The number of hydrogen-bond acceptors (Lipinski definition) is 4. The summed E-state index contributed by atoms with van der Waals surface area (Å²) in [5.41, 5.74) is 0.837. The van der Waals surface area contributed by atoms with Gasteiger partial charge in [0, 0.05) is 29.3 Å². The van der Waals surface area contributed by atoms with Crippen LogP contribution in [-0.2, 0) is 9.53 Å². The zero-order valence-corrected chi connectivity index (χ0v) is 14.5. The van der Waals surface area contributed by atoms with E-state index in [1.807, 2.05) is 28.9 Å². The number of fused-ring (bicyclic) bond motifs is 1. The molecule has 0 bridgehead atoms. The third-order valence-electron chi connectivity index (χ3n) is 3.66. The molecule has 2 aromatic rings. The number of nitrogens with zero attached hydrogens (tertiary/aromatic N) is 3. The Labute approximate surface area is 143 Å². The highest BCUT2D eigenvalue weighted by Gasteiger charge is 2.11. The van der Waals surface area contributed by atoms with Crippen molar-refractivity contribution in [3.8, 4) is 0 Å². The van der Waals surface area contributed by atoms with Crippen LogP contribution in [-0.4, -0.2) is 53.0 Å². The van der Waals surface area contributed by atoms with E-state index in [9.17, 15) is 4.79 Å². The zero-order valence-electron chi connectivity index (χ0n) is 12.3. The maximum absolute atomic E-state index is 12.0. The van der Waals surface area contributed by atoms with Crippen LogP contribution >= 0.6 is 22.6 Å². The van der Waals surface area contributed by atoms with Crippen LogP contribution in [0.3, 0.4) is 0 Å². The van der Waals surface area contributed by atoms with Crippen LogP contribution in [0.2, 0.25) is 0 Å². The Morgan fingerprint density at radius 3 is 2.95 bits per heavy atom. The lowest BCUT2D eigenvalue weighted by molar-refractivity contribution is -0.116. The minimum Gasteiger partial charge on any atom is -0.379 e. The minimum absolute atomic E-state index is 0.0198. The van der Waals surface area contributed by atoms with Crippen LogP contribution in [0, 0.1) is 3.57 Å². The summed E-state index contributed by atoms with van der Waals surface area (Å²) in [7, 11) is 0. The van der Waals surface area contributed by atoms with E-state index in [1.165, 1.54) is 0 Å². The molecule has 6 nitrogen and oxygen atoms in total. The molecule has 1 saturated heterocycles. The number of carbonyl (C=O) groups is 1. The summed E-state index contributed by atoms with van der Waals surface area (Å²) in [5, 5.41) is 2.87. The highest BCUT2D eigenvalue weighted by molar-refractivity contribution is 14.1. The molecule has 0 aliphatic carbocycles. The van der Waals surface area contributed by atoms with Gasteiger partial charge in [-0.15, -0.1) is 0 Å². The monoisotopic (exact) mass is 414 g/mol. The Bertz CT molecular complexity index is 652. The summed E-state index contributed by atoms with van der Waals surface area (Å²) < 4.78 is 8.36. The van der Waals surface area contributed by atoms with E-state index in [0.29, 0.717) is 12.2 Å². The molecule has 1 N–H and O–H groups in total. The summed E-state index contributed by atoms with van der Waals surface area (Å²) in [4.78, 5) is 18.7. The molecule has 0 atom stereocenters. The molecule has 1 amide bonds. The lowest BCUT2D eigenvalue weighted by Crippen LogP contribution is -2.37. The molecule has 3 rings (SSSR count). The lowest BCUT2D eigenvalue weighted by Gasteiger charge is -2.26. The van der Waals surface area contributed by atoms with Gasteiger partial charge in [-0.3, -0.25) is 9.69 Å². The van der Waals surface area contributed by atoms with Crippen molar-refractivity contribution in [1.82, 2.24) is 14.3 Å². The summed E-state index contributed by atoms with van der Waals surface area (Å²) in [6.45, 7) is 4.47. The third kappa shape index (κ3) is 4.17. The summed E-state index contributed by atoms with van der Waals surface area (Å²) in [6.07, 6.45) is 5.20. The Balaban J connectivity index is 1.47. The van der Waals surface area contributed by atoms with Crippen molar-refractivity contribution in [3.63, 3.8) is 0 Å². The third-order valence-corrected chi connectivity index (χ3v) is 4.30. The first-order valence-electron chi connectivity index (χ1n) is 7.45. The van der Waals surface area contributed by atoms with Crippen LogP contribution in [0.4, 0.5) is 5.82 Å². The van der Waals surface area contributed by atoms with Gasteiger partial charge in [-0.05, 0) is 47.7 Å². The number of ether oxygens (including phenoxy) is 1. The highest BCUT2D eigenvalue weighted by atomic mass is 127.